The number of hydrogen-bond acceptors (Lipinski definition) is 6. The molecular formula is C20H30F2N2O5. The largest absolute Gasteiger partial charge is 0.389 e. The third-order valence-corrected chi connectivity index (χ3v) is 5.02. The van der Waals surface area contributed by atoms with Crippen molar-refractivity contribution < 1.29 is 33.6 Å². The lowest BCUT2D eigenvalue weighted by Gasteiger charge is -2.28. The van der Waals surface area contributed by atoms with Crippen LogP contribution in [-0.2, 0) is 16.0 Å². The van der Waals surface area contributed by atoms with E-state index in [0.717, 1.165) is 18.2 Å². The Balaban J connectivity index is 1.98. The van der Waals surface area contributed by atoms with Crippen LogP contribution in [0.25, 0.3) is 0 Å². The lowest BCUT2D eigenvalue weighted by atomic mass is 9.95. The predicted octanol–water partition coefficient (Wildman–Crippen LogP) is 0.252. The molecule has 9 heteroatoms. The molecule has 0 radical (unpaired) electrons. The van der Waals surface area contributed by atoms with Gasteiger partial charge in [0.1, 0.15) is 17.7 Å². The van der Waals surface area contributed by atoms with Crippen LogP contribution < -0.4 is 10.6 Å². The third-order valence-electron chi connectivity index (χ3n) is 5.02. The first kappa shape index (κ1) is 23.6. The van der Waals surface area contributed by atoms with Gasteiger partial charge in [-0.25, -0.2) is 8.78 Å². The Bertz CT molecular complexity index is 678. The van der Waals surface area contributed by atoms with Crippen molar-refractivity contribution in [1.29, 1.82) is 0 Å². The molecule has 164 valence electrons. The first-order valence-corrected chi connectivity index (χ1v) is 9.61. The summed E-state index contributed by atoms with van der Waals surface area (Å²) in [6.07, 6.45) is -1.92. The van der Waals surface area contributed by atoms with E-state index in [1.165, 1.54) is 20.8 Å². The van der Waals surface area contributed by atoms with Gasteiger partial charge in [-0.2, -0.15) is 0 Å². The molecule has 0 aliphatic carbocycles. The molecule has 1 amide bonds. The number of aliphatic hydroxyl groups excluding tert-OH is 2. The van der Waals surface area contributed by atoms with Crippen LogP contribution in [0.5, 0.6) is 0 Å². The van der Waals surface area contributed by atoms with Crippen molar-refractivity contribution in [3.05, 3.63) is 35.4 Å². The molecule has 0 aromatic heterocycles. The number of rotatable bonds is 9. The number of nitrogens with one attached hydrogen (secondary N) is 2. The molecule has 0 saturated carbocycles. The lowest BCUT2D eigenvalue weighted by molar-refractivity contribution is -0.120. The van der Waals surface area contributed by atoms with E-state index >= 15 is 0 Å². The van der Waals surface area contributed by atoms with Gasteiger partial charge in [0.2, 0.25) is 5.91 Å². The maximum Gasteiger partial charge on any atom is 0.217 e. The van der Waals surface area contributed by atoms with Crippen LogP contribution in [-0.4, -0.2) is 70.4 Å². The fourth-order valence-corrected chi connectivity index (χ4v) is 3.33. The third kappa shape index (κ3) is 7.27. The Morgan fingerprint density at radius 1 is 1.31 bits per heavy atom. The quantitative estimate of drug-likeness (QED) is 0.395. The molecule has 2 rings (SSSR count). The molecule has 0 bridgehead atoms. The second-order valence-corrected chi connectivity index (χ2v) is 8.15. The van der Waals surface area contributed by atoms with Gasteiger partial charge >= 0.3 is 0 Å². The molecule has 1 aromatic carbocycles. The van der Waals surface area contributed by atoms with E-state index in [1.807, 2.05) is 0 Å². The number of carbonyl (C=O) groups is 1. The molecule has 1 saturated heterocycles. The Kier molecular flexibility index (Phi) is 8.07. The topological polar surface area (TPSA) is 111 Å². The maximum atomic E-state index is 13.5. The average molecular weight is 416 g/mol. The highest BCUT2D eigenvalue weighted by Crippen LogP contribution is 2.20. The second-order valence-electron chi connectivity index (χ2n) is 8.15. The van der Waals surface area contributed by atoms with Gasteiger partial charge in [-0.3, -0.25) is 4.79 Å². The van der Waals surface area contributed by atoms with Crippen LogP contribution in [0.4, 0.5) is 8.78 Å². The molecule has 0 spiro atoms. The number of aliphatic hydroxyl groups is 3. The standard InChI is InChI=1S/C20H30F2N2O5/c1-11(25)24-17(6-12-4-13(21)7-14(22)5-12)19(27)16-8-15(9-23-16)29-10-18(26)20(2,3)28/h4-5,7,15-19,23,26-28H,6,8-10H2,1-3H3,(H,24,25)/t15-,16-,17+,18?,19-/m1/s1. The molecular weight excluding hydrogens is 386 g/mol. The van der Waals surface area contributed by atoms with Gasteiger partial charge in [-0.1, -0.05) is 0 Å². The van der Waals surface area contributed by atoms with E-state index in [4.69, 9.17) is 4.74 Å². The van der Waals surface area contributed by atoms with Gasteiger partial charge in [-0.15, -0.1) is 0 Å². The zero-order valence-electron chi connectivity index (χ0n) is 16.9. The SMILES string of the molecule is CC(=O)N[C@@H](Cc1cc(F)cc(F)c1)[C@H](O)[C@H]1C[C@@H](OCC(O)C(C)(C)O)CN1. The van der Waals surface area contributed by atoms with Crippen LogP contribution in [0.3, 0.4) is 0 Å². The summed E-state index contributed by atoms with van der Waals surface area (Å²) in [6.45, 7) is 4.62. The van der Waals surface area contributed by atoms with Crippen molar-refractivity contribution in [3.8, 4) is 0 Å². The van der Waals surface area contributed by atoms with Crippen molar-refractivity contribution in [2.45, 2.75) is 69.6 Å². The molecule has 5 atom stereocenters. The van der Waals surface area contributed by atoms with Gasteiger partial charge < -0.3 is 30.7 Å². The van der Waals surface area contributed by atoms with Crippen LogP contribution in [0.1, 0.15) is 32.8 Å². The number of amides is 1. The molecule has 1 fully saturated rings. The van der Waals surface area contributed by atoms with Crippen molar-refractivity contribution in [2.24, 2.45) is 0 Å². The van der Waals surface area contributed by atoms with Gasteiger partial charge in [0, 0.05) is 25.6 Å². The van der Waals surface area contributed by atoms with Crippen molar-refractivity contribution in [1.82, 2.24) is 10.6 Å². The van der Waals surface area contributed by atoms with E-state index in [-0.39, 0.29) is 25.0 Å². The number of ether oxygens (including phenoxy) is 1. The van der Waals surface area contributed by atoms with Crippen molar-refractivity contribution in [3.63, 3.8) is 0 Å². The van der Waals surface area contributed by atoms with Gasteiger partial charge in [0.25, 0.3) is 0 Å². The number of halogens is 2. The van der Waals surface area contributed by atoms with E-state index in [0.29, 0.717) is 18.5 Å². The first-order valence-electron chi connectivity index (χ1n) is 9.61. The number of carbonyl (C=O) groups excluding carboxylic acids is 1. The monoisotopic (exact) mass is 416 g/mol. The van der Waals surface area contributed by atoms with Crippen LogP contribution in [0, 0.1) is 11.6 Å². The molecule has 1 aliphatic rings. The van der Waals surface area contributed by atoms with Crippen LogP contribution >= 0.6 is 0 Å². The minimum Gasteiger partial charge on any atom is -0.389 e. The average Bonchev–Trinajstić information content (AvgIpc) is 3.05. The van der Waals surface area contributed by atoms with E-state index in [9.17, 15) is 28.9 Å². The molecule has 1 aromatic rings. The summed E-state index contributed by atoms with van der Waals surface area (Å²) in [4.78, 5) is 11.6. The Morgan fingerprint density at radius 3 is 2.48 bits per heavy atom. The first-order chi connectivity index (χ1) is 13.5. The zero-order chi connectivity index (χ0) is 21.8. The Morgan fingerprint density at radius 2 is 1.93 bits per heavy atom. The molecule has 29 heavy (non-hydrogen) atoms. The predicted molar refractivity (Wildman–Crippen MR) is 102 cm³/mol. The van der Waals surface area contributed by atoms with Gasteiger partial charge in [-0.05, 0) is 44.4 Å². The normalized spacial score (nSPS) is 22.9. The molecule has 1 heterocycles. The minimum atomic E-state index is -1.29. The zero-order valence-corrected chi connectivity index (χ0v) is 16.9. The van der Waals surface area contributed by atoms with E-state index < -0.39 is 41.5 Å². The number of hydrogen-bond donors (Lipinski definition) is 5. The summed E-state index contributed by atoms with van der Waals surface area (Å²) < 4.78 is 32.6. The Labute approximate surface area is 169 Å². The van der Waals surface area contributed by atoms with Crippen LogP contribution in [0.15, 0.2) is 18.2 Å². The summed E-state index contributed by atoms with van der Waals surface area (Å²) in [5, 5.41) is 36.1. The number of benzene rings is 1. The highest BCUT2D eigenvalue weighted by atomic mass is 19.1. The lowest BCUT2D eigenvalue weighted by Crippen LogP contribution is -2.51. The van der Waals surface area contributed by atoms with Crippen LogP contribution in [0.2, 0.25) is 0 Å². The molecule has 5 N–H and O–H groups in total. The highest BCUT2D eigenvalue weighted by Gasteiger charge is 2.36. The Hall–Kier alpha value is -1.65. The summed E-state index contributed by atoms with van der Waals surface area (Å²) in [5.41, 5.74) is -0.971. The van der Waals surface area contributed by atoms with Crippen molar-refractivity contribution in [2.75, 3.05) is 13.2 Å². The minimum absolute atomic E-state index is 0.0521. The second kappa shape index (κ2) is 9.90. The summed E-state index contributed by atoms with van der Waals surface area (Å²) in [6, 6.07) is 1.91. The molecule has 1 unspecified atom stereocenters. The summed E-state index contributed by atoms with van der Waals surface area (Å²) in [5.74, 6) is -1.83. The summed E-state index contributed by atoms with van der Waals surface area (Å²) in [7, 11) is 0. The maximum absolute atomic E-state index is 13.5. The van der Waals surface area contributed by atoms with E-state index in [1.54, 1.807) is 0 Å². The smallest absolute Gasteiger partial charge is 0.217 e. The summed E-state index contributed by atoms with van der Waals surface area (Å²) >= 11 is 0. The molecule has 7 nitrogen and oxygen atoms in total. The van der Waals surface area contributed by atoms with Crippen molar-refractivity contribution >= 4 is 5.91 Å². The van der Waals surface area contributed by atoms with Gasteiger partial charge in [0.15, 0.2) is 0 Å². The molecule has 1 aliphatic heterocycles. The van der Waals surface area contributed by atoms with Gasteiger partial charge in [0.05, 0.1) is 30.5 Å². The highest BCUT2D eigenvalue weighted by molar-refractivity contribution is 5.73. The van der Waals surface area contributed by atoms with E-state index in [2.05, 4.69) is 10.6 Å². The fraction of sp³-hybridized carbons (Fsp3) is 0.650. The fourth-order valence-electron chi connectivity index (χ4n) is 3.33.